The van der Waals surface area contributed by atoms with Gasteiger partial charge in [-0.05, 0) is 37.0 Å². The van der Waals surface area contributed by atoms with Gasteiger partial charge in [0.1, 0.15) is 11.5 Å². The van der Waals surface area contributed by atoms with Crippen LogP contribution in [0.5, 0.6) is 11.5 Å². The van der Waals surface area contributed by atoms with E-state index in [2.05, 4.69) is 19.2 Å². The third-order valence-corrected chi connectivity index (χ3v) is 3.57. The van der Waals surface area contributed by atoms with Crippen molar-refractivity contribution in [2.24, 2.45) is 5.41 Å². The van der Waals surface area contributed by atoms with E-state index in [1.165, 1.54) is 0 Å². The molecule has 1 rings (SSSR count). The fraction of sp³-hybridized carbons (Fsp3) is 0.625. The van der Waals surface area contributed by atoms with Gasteiger partial charge in [-0.25, -0.2) is 0 Å². The fourth-order valence-electron chi connectivity index (χ4n) is 2.01. The first-order valence-electron chi connectivity index (χ1n) is 6.99. The van der Waals surface area contributed by atoms with Gasteiger partial charge >= 0.3 is 0 Å². The molecule has 4 nitrogen and oxygen atoms in total. The van der Waals surface area contributed by atoms with Gasteiger partial charge in [-0.3, -0.25) is 0 Å². The third kappa shape index (κ3) is 5.02. The highest BCUT2D eigenvalue weighted by molar-refractivity contribution is 5.41. The van der Waals surface area contributed by atoms with E-state index in [1.807, 2.05) is 13.0 Å². The summed E-state index contributed by atoms with van der Waals surface area (Å²) in [5, 5.41) is 13.4. The van der Waals surface area contributed by atoms with Crippen molar-refractivity contribution in [1.29, 1.82) is 0 Å². The van der Waals surface area contributed by atoms with Crippen LogP contribution in [-0.2, 0) is 4.74 Å². The zero-order valence-corrected chi connectivity index (χ0v) is 13.2. The smallest absolute Gasteiger partial charge is 0.120 e. The molecule has 0 saturated carbocycles. The second-order valence-electron chi connectivity index (χ2n) is 5.93. The lowest BCUT2D eigenvalue weighted by atomic mass is 9.89. The molecule has 0 aliphatic heterocycles. The molecule has 2 N–H and O–H groups in total. The van der Waals surface area contributed by atoms with Gasteiger partial charge in [-0.1, -0.05) is 13.8 Å². The summed E-state index contributed by atoms with van der Waals surface area (Å²) < 4.78 is 10.3. The van der Waals surface area contributed by atoms with E-state index in [1.54, 1.807) is 26.4 Å². The van der Waals surface area contributed by atoms with Crippen LogP contribution in [0.3, 0.4) is 0 Å². The molecular weight excluding hydrogens is 254 g/mol. The Kier molecular flexibility index (Phi) is 6.30. The SMILES string of the molecule is COCCC(C)(C)CNC(C)c1cc(OC)ccc1O. The van der Waals surface area contributed by atoms with Crippen LogP contribution in [0.25, 0.3) is 0 Å². The van der Waals surface area contributed by atoms with Crippen molar-refractivity contribution in [3.05, 3.63) is 23.8 Å². The Balaban J connectivity index is 2.64. The van der Waals surface area contributed by atoms with Gasteiger partial charge in [0.25, 0.3) is 0 Å². The van der Waals surface area contributed by atoms with Crippen LogP contribution in [0.2, 0.25) is 0 Å². The topological polar surface area (TPSA) is 50.7 Å². The molecule has 0 heterocycles. The molecule has 0 spiro atoms. The summed E-state index contributed by atoms with van der Waals surface area (Å²) in [4.78, 5) is 0. The predicted molar refractivity (Wildman–Crippen MR) is 81.4 cm³/mol. The zero-order valence-electron chi connectivity index (χ0n) is 13.2. The van der Waals surface area contributed by atoms with Crippen LogP contribution < -0.4 is 10.1 Å². The van der Waals surface area contributed by atoms with Gasteiger partial charge in [-0.15, -0.1) is 0 Å². The molecule has 0 amide bonds. The zero-order chi connectivity index (χ0) is 15.2. The van der Waals surface area contributed by atoms with E-state index in [-0.39, 0.29) is 11.5 Å². The van der Waals surface area contributed by atoms with E-state index in [4.69, 9.17) is 9.47 Å². The monoisotopic (exact) mass is 281 g/mol. The van der Waals surface area contributed by atoms with Gasteiger partial charge in [0.2, 0.25) is 0 Å². The Morgan fingerprint density at radius 3 is 2.60 bits per heavy atom. The Morgan fingerprint density at radius 1 is 1.30 bits per heavy atom. The molecule has 114 valence electrons. The van der Waals surface area contributed by atoms with Crippen molar-refractivity contribution in [2.45, 2.75) is 33.2 Å². The number of phenolic OH excluding ortho intramolecular Hbond substituents is 1. The van der Waals surface area contributed by atoms with Gasteiger partial charge < -0.3 is 19.9 Å². The largest absolute Gasteiger partial charge is 0.508 e. The second-order valence-corrected chi connectivity index (χ2v) is 5.93. The van der Waals surface area contributed by atoms with Crippen molar-refractivity contribution in [3.63, 3.8) is 0 Å². The van der Waals surface area contributed by atoms with Gasteiger partial charge in [0, 0.05) is 31.9 Å². The molecule has 0 aliphatic carbocycles. The number of methoxy groups -OCH3 is 2. The molecule has 0 radical (unpaired) electrons. The third-order valence-electron chi connectivity index (χ3n) is 3.57. The number of ether oxygens (including phenoxy) is 2. The summed E-state index contributed by atoms with van der Waals surface area (Å²) in [5.41, 5.74) is 1.01. The lowest BCUT2D eigenvalue weighted by molar-refractivity contribution is 0.149. The van der Waals surface area contributed by atoms with Crippen molar-refractivity contribution in [1.82, 2.24) is 5.32 Å². The number of benzene rings is 1. The van der Waals surface area contributed by atoms with Crippen molar-refractivity contribution in [2.75, 3.05) is 27.4 Å². The maximum absolute atomic E-state index is 9.96. The summed E-state index contributed by atoms with van der Waals surface area (Å²) in [5.74, 6) is 1.05. The maximum atomic E-state index is 9.96. The van der Waals surface area contributed by atoms with Gasteiger partial charge in [0.05, 0.1) is 7.11 Å². The highest BCUT2D eigenvalue weighted by atomic mass is 16.5. The maximum Gasteiger partial charge on any atom is 0.120 e. The average molecular weight is 281 g/mol. The molecule has 1 atom stereocenters. The lowest BCUT2D eigenvalue weighted by Crippen LogP contribution is -2.32. The number of hydrogen-bond acceptors (Lipinski definition) is 4. The molecule has 1 aromatic carbocycles. The van der Waals surface area contributed by atoms with Crippen LogP contribution >= 0.6 is 0 Å². The number of aromatic hydroxyl groups is 1. The number of rotatable bonds is 8. The minimum atomic E-state index is 0.0620. The quantitative estimate of drug-likeness (QED) is 0.768. The van der Waals surface area contributed by atoms with Crippen LogP contribution in [0, 0.1) is 5.41 Å². The van der Waals surface area contributed by atoms with Crippen LogP contribution in [0.1, 0.15) is 38.8 Å². The highest BCUT2D eigenvalue weighted by Gasteiger charge is 2.19. The lowest BCUT2D eigenvalue weighted by Gasteiger charge is -2.27. The first-order chi connectivity index (χ1) is 9.39. The standard InChI is InChI=1S/C16H27NO3/c1-12(17-11-16(2,3)8-9-19-4)14-10-13(20-5)6-7-15(14)18/h6-7,10,12,17-18H,8-9,11H2,1-5H3. The van der Waals surface area contributed by atoms with E-state index in [0.29, 0.717) is 5.75 Å². The van der Waals surface area contributed by atoms with Gasteiger partial charge in [0.15, 0.2) is 0 Å². The Hall–Kier alpha value is -1.26. The summed E-state index contributed by atoms with van der Waals surface area (Å²) in [6.07, 6.45) is 0.993. The molecule has 0 saturated heterocycles. The first-order valence-corrected chi connectivity index (χ1v) is 6.99. The molecule has 1 unspecified atom stereocenters. The molecule has 20 heavy (non-hydrogen) atoms. The van der Waals surface area contributed by atoms with Crippen LogP contribution in [-0.4, -0.2) is 32.5 Å². The molecule has 0 aromatic heterocycles. The summed E-state index contributed by atoms with van der Waals surface area (Å²) >= 11 is 0. The molecule has 0 fully saturated rings. The van der Waals surface area contributed by atoms with E-state index >= 15 is 0 Å². The van der Waals surface area contributed by atoms with Gasteiger partial charge in [-0.2, -0.15) is 0 Å². The van der Waals surface area contributed by atoms with E-state index in [9.17, 15) is 5.11 Å². The predicted octanol–water partition coefficient (Wildman–Crippen LogP) is 3.11. The molecule has 1 aromatic rings. The Bertz CT molecular complexity index is 418. The summed E-state index contributed by atoms with van der Waals surface area (Å²) in [7, 11) is 3.35. The minimum Gasteiger partial charge on any atom is -0.508 e. The highest BCUT2D eigenvalue weighted by Crippen LogP contribution is 2.29. The number of nitrogens with one attached hydrogen (secondary N) is 1. The number of hydrogen-bond donors (Lipinski definition) is 2. The molecule has 4 heteroatoms. The van der Waals surface area contributed by atoms with E-state index < -0.39 is 0 Å². The second kappa shape index (κ2) is 7.50. The number of phenols is 1. The van der Waals surface area contributed by atoms with E-state index in [0.717, 1.165) is 30.9 Å². The average Bonchev–Trinajstić information content (AvgIpc) is 2.43. The van der Waals surface area contributed by atoms with Crippen molar-refractivity contribution in [3.8, 4) is 11.5 Å². The Morgan fingerprint density at radius 2 is 2.00 bits per heavy atom. The van der Waals surface area contributed by atoms with Crippen molar-refractivity contribution < 1.29 is 14.6 Å². The molecule has 0 bridgehead atoms. The van der Waals surface area contributed by atoms with Crippen LogP contribution in [0.15, 0.2) is 18.2 Å². The Labute approximate surface area is 122 Å². The fourth-order valence-corrected chi connectivity index (χ4v) is 2.01. The summed E-state index contributed by atoms with van der Waals surface area (Å²) in [6.45, 7) is 8.07. The summed E-state index contributed by atoms with van der Waals surface area (Å²) in [6, 6.07) is 5.36. The van der Waals surface area contributed by atoms with Crippen LogP contribution in [0.4, 0.5) is 0 Å². The van der Waals surface area contributed by atoms with Crippen molar-refractivity contribution >= 4 is 0 Å². The normalized spacial score (nSPS) is 13.2. The first kappa shape index (κ1) is 16.8. The molecular formula is C16H27NO3. The minimum absolute atomic E-state index is 0.0620. The molecule has 0 aliphatic rings.